The average molecular weight is 494 g/mol. The lowest BCUT2D eigenvalue weighted by atomic mass is 9.97. The molecule has 3 fully saturated rings. The smallest absolute Gasteiger partial charge is 0.282 e. The van der Waals surface area contributed by atoms with E-state index in [0.29, 0.717) is 43.9 Å². The molecular formula is C22H28ClN5O4S. The Morgan fingerprint density at radius 3 is 2.45 bits per heavy atom. The fourth-order valence-corrected chi connectivity index (χ4v) is 6.59. The Bertz CT molecular complexity index is 1040. The van der Waals surface area contributed by atoms with Crippen molar-refractivity contribution in [1.29, 1.82) is 5.26 Å². The molecule has 9 nitrogen and oxygen atoms in total. The molecule has 0 unspecified atom stereocenters. The van der Waals surface area contributed by atoms with Gasteiger partial charge in [0, 0.05) is 44.3 Å². The van der Waals surface area contributed by atoms with Crippen molar-refractivity contribution in [3.8, 4) is 6.07 Å². The number of hydrogen-bond acceptors (Lipinski definition) is 5. The summed E-state index contributed by atoms with van der Waals surface area (Å²) in [6, 6.07) is 8.75. The second-order valence-electron chi connectivity index (χ2n) is 8.88. The molecule has 3 aliphatic heterocycles. The Hall–Kier alpha value is -2.19. The molecule has 178 valence electrons. The molecule has 1 aromatic carbocycles. The first-order valence-electron chi connectivity index (χ1n) is 11.3. The van der Waals surface area contributed by atoms with Crippen LogP contribution in [0.4, 0.5) is 0 Å². The van der Waals surface area contributed by atoms with E-state index in [4.69, 9.17) is 16.9 Å². The zero-order chi connectivity index (χ0) is 23.6. The number of hydrogen-bond donors (Lipinski definition) is 1. The first-order valence-corrected chi connectivity index (χ1v) is 13.0. The molecule has 3 saturated heterocycles. The Kier molecular flexibility index (Phi) is 7.24. The maximum atomic E-state index is 13.3. The van der Waals surface area contributed by atoms with Crippen LogP contribution in [-0.4, -0.2) is 72.5 Å². The highest BCUT2D eigenvalue weighted by Gasteiger charge is 2.44. The first-order chi connectivity index (χ1) is 15.8. The molecule has 0 saturated carbocycles. The van der Waals surface area contributed by atoms with Crippen LogP contribution in [0.25, 0.3) is 0 Å². The number of likely N-dealkylation sites (tertiary alicyclic amines) is 1. The zero-order valence-corrected chi connectivity index (χ0v) is 19.9. The van der Waals surface area contributed by atoms with E-state index in [1.165, 1.54) is 8.61 Å². The molecule has 0 spiro atoms. The number of carbonyl (C=O) groups excluding carboxylic acids is 2. The highest BCUT2D eigenvalue weighted by atomic mass is 35.5. The number of nitrogens with one attached hydrogen (secondary N) is 1. The Morgan fingerprint density at radius 1 is 1.06 bits per heavy atom. The molecule has 1 aromatic rings. The van der Waals surface area contributed by atoms with Gasteiger partial charge in [0.2, 0.25) is 11.8 Å². The SMILES string of the molecule is N#CC1CN(S(=O)(=O)N2CCC[C@H](C(=O)N3CCC[C@@H]3C(=O)NCc3ccc(Cl)cc3)C2)C1. The molecule has 4 rings (SSSR count). The standard InChI is InChI=1S/C22H28ClN5O4S/c23-19-7-5-16(6-8-19)12-25-21(29)20-4-2-10-28(20)22(30)18-3-1-9-26(15-18)33(31,32)27-13-17(11-24)14-27/h5-8,17-18,20H,1-4,9-10,12-15H2,(H,25,29)/t18-,20+/m0/s1. The second kappa shape index (κ2) is 9.97. The fourth-order valence-electron chi connectivity index (χ4n) is 4.67. The van der Waals surface area contributed by atoms with Gasteiger partial charge in [-0.05, 0) is 43.4 Å². The predicted octanol–water partition coefficient (Wildman–Crippen LogP) is 1.36. The summed E-state index contributed by atoms with van der Waals surface area (Å²) < 4.78 is 28.4. The van der Waals surface area contributed by atoms with E-state index in [2.05, 4.69) is 11.4 Å². The van der Waals surface area contributed by atoms with Gasteiger partial charge in [-0.25, -0.2) is 0 Å². The van der Waals surface area contributed by atoms with Crippen LogP contribution in [0, 0.1) is 23.2 Å². The Labute approximate surface area is 199 Å². The number of nitrogens with zero attached hydrogens (tertiary/aromatic N) is 4. The number of carbonyl (C=O) groups is 2. The van der Waals surface area contributed by atoms with Crippen LogP contribution >= 0.6 is 11.6 Å². The molecule has 2 amide bonds. The zero-order valence-electron chi connectivity index (χ0n) is 18.3. The van der Waals surface area contributed by atoms with Crippen LogP contribution < -0.4 is 5.32 Å². The number of halogens is 1. The quantitative estimate of drug-likeness (QED) is 0.642. The molecule has 0 aromatic heterocycles. The van der Waals surface area contributed by atoms with Crippen LogP contribution in [0.1, 0.15) is 31.2 Å². The average Bonchev–Trinajstić information content (AvgIpc) is 3.27. The van der Waals surface area contributed by atoms with Crippen molar-refractivity contribution in [2.75, 3.05) is 32.7 Å². The summed E-state index contributed by atoms with van der Waals surface area (Å²) in [5, 5.41) is 12.5. The Morgan fingerprint density at radius 2 is 1.76 bits per heavy atom. The summed E-state index contributed by atoms with van der Waals surface area (Å²) in [5.74, 6) is -1.08. The van der Waals surface area contributed by atoms with E-state index in [9.17, 15) is 18.0 Å². The highest BCUT2D eigenvalue weighted by Crippen LogP contribution is 2.29. The molecule has 3 heterocycles. The maximum absolute atomic E-state index is 13.3. The summed E-state index contributed by atoms with van der Waals surface area (Å²) in [7, 11) is -3.67. The monoisotopic (exact) mass is 493 g/mol. The van der Waals surface area contributed by atoms with Gasteiger partial charge < -0.3 is 10.2 Å². The van der Waals surface area contributed by atoms with E-state index in [1.54, 1.807) is 17.0 Å². The van der Waals surface area contributed by atoms with Gasteiger partial charge in [0.15, 0.2) is 0 Å². The van der Waals surface area contributed by atoms with Gasteiger partial charge in [-0.15, -0.1) is 0 Å². The molecule has 0 radical (unpaired) electrons. The molecule has 3 aliphatic rings. The number of amides is 2. The van der Waals surface area contributed by atoms with Crippen molar-refractivity contribution in [3.05, 3.63) is 34.9 Å². The van der Waals surface area contributed by atoms with Gasteiger partial charge in [0.1, 0.15) is 6.04 Å². The summed E-state index contributed by atoms with van der Waals surface area (Å²) >= 11 is 5.90. The van der Waals surface area contributed by atoms with Crippen LogP contribution in [0.2, 0.25) is 5.02 Å². The molecule has 1 N–H and O–H groups in total. The van der Waals surface area contributed by atoms with Gasteiger partial charge in [0.25, 0.3) is 10.2 Å². The number of rotatable bonds is 6. The highest BCUT2D eigenvalue weighted by molar-refractivity contribution is 7.86. The minimum atomic E-state index is -3.67. The van der Waals surface area contributed by atoms with E-state index in [0.717, 1.165) is 12.0 Å². The molecular weight excluding hydrogens is 466 g/mol. The normalized spacial score (nSPS) is 24.8. The minimum absolute atomic E-state index is 0.116. The summed E-state index contributed by atoms with van der Waals surface area (Å²) in [6.07, 6.45) is 2.52. The van der Waals surface area contributed by atoms with E-state index in [1.807, 2.05) is 12.1 Å². The van der Waals surface area contributed by atoms with E-state index < -0.39 is 22.2 Å². The first kappa shape index (κ1) is 24.0. The van der Waals surface area contributed by atoms with E-state index >= 15 is 0 Å². The van der Waals surface area contributed by atoms with Crippen molar-refractivity contribution >= 4 is 33.6 Å². The third-order valence-electron chi connectivity index (χ3n) is 6.64. The minimum Gasteiger partial charge on any atom is -0.350 e. The lowest BCUT2D eigenvalue weighted by Crippen LogP contribution is -2.57. The van der Waals surface area contributed by atoms with Crippen LogP contribution in [0.5, 0.6) is 0 Å². The molecule has 11 heteroatoms. The van der Waals surface area contributed by atoms with Crippen molar-refractivity contribution in [2.24, 2.45) is 11.8 Å². The number of nitriles is 1. The largest absolute Gasteiger partial charge is 0.350 e. The van der Waals surface area contributed by atoms with Crippen molar-refractivity contribution in [1.82, 2.24) is 18.8 Å². The van der Waals surface area contributed by atoms with Crippen LogP contribution in [0.15, 0.2) is 24.3 Å². The molecule has 2 atom stereocenters. The van der Waals surface area contributed by atoms with Crippen molar-refractivity contribution in [2.45, 2.75) is 38.3 Å². The lowest BCUT2D eigenvalue weighted by molar-refractivity contribution is -0.142. The van der Waals surface area contributed by atoms with Crippen molar-refractivity contribution in [3.63, 3.8) is 0 Å². The topological polar surface area (TPSA) is 114 Å². The second-order valence-corrected chi connectivity index (χ2v) is 11.2. The van der Waals surface area contributed by atoms with Gasteiger partial charge >= 0.3 is 0 Å². The van der Waals surface area contributed by atoms with E-state index in [-0.39, 0.29) is 37.4 Å². The van der Waals surface area contributed by atoms with Gasteiger partial charge in [-0.2, -0.15) is 22.3 Å². The Balaban J connectivity index is 1.35. The fraction of sp³-hybridized carbons (Fsp3) is 0.591. The number of piperidine rings is 1. The summed E-state index contributed by atoms with van der Waals surface area (Å²) in [6.45, 7) is 1.74. The molecule has 33 heavy (non-hydrogen) atoms. The summed E-state index contributed by atoms with van der Waals surface area (Å²) in [5.41, 5.74) is 0.918. The summed E-state index contributed by atoms with van der Waals surface area (Å²) in [4.78, 5) is 27.8. The molecule has 0 aliphatic carbocycles. The third kappa shape index (κ3) is 5.17. The number of benzene rings is 1. The van der Waals surface area contributed by atoms with Crippen LogP contribution in [0.3, 0.4) is 0 Å². The van der Waals surface area contributed by atoms with Gasteiger partial charge in [-0.3, -0.25) is 9.59 Å². The predicted molar refractivity (Wildman–Crippen MR) is 122 cm³/mol. The van der Waals surface area contributed by atoms with Gasteiger partial charge in [-0.1, -0.05) is 23.7 Å². The van der Waals surface area contributed by atoms with Gasteiger partial charge in [0.05, 0.1) is 17.9 Å². The van der Waals surface area contributed by atoms with Crippen molar-refractivity contribution < 1.29 is 18.0 Å². The molecule has 0 bridgehead atoms. The lowest BCUT2D eigenvalue weighted by Gasteiger charge is -2.41. The van der Waals surface area contributed by atoms with Crippen LogP contribution in [-0.2, 0) is 26.3 Å². The third-order valence-corrected chi connectivity index (χ3v) is 8.82. The maximum Gasteiger partial charge on any atom is 0.282 e.